The topological polar surface area (TPSA) is 42.1 Å². The summed E-state index contributed by atoms with van der Waals surface area (Å²) in [6, 6.07) is 3.89. The number of hydrogen-bond donors (Lipinski definition) is 0. The third-order valence-corrected chi connectivity index (χ3v) is 6.98. The van der Waals surface area contributed by atoms with Crippen molar-refractivity contribution in [3.63, 3.8) is 0 Å². The lowest BCUT2D eigenvalue weighted by Crippen LogP contribution is -2.71. The molecule has 0 aliphatic rings. The normalized spacial score (nSPS) is 12.6. The predicted octanol–water partition coefficient (Wildman–Crippen LogP) is 0.0348. The van der Waals surface area contributed by atoms with Crippen molar-refractivity contribution in [3.05, 3.63) is 36.9 Å². The van der Waals surface area contributed by atoms with Crippen molar-refractivity contribution in [1.29, 1.82) is 0 Å². The summed E-state index contributed by atoms with van der Waals surface area (Å²) in [4.78, 5) is 0. The van der Waals surface area contributed by atoms with E-state index in [4.69, 9.17) is 0 Å². The van der Waals surface area contributed by atoms with E-state index in [9.17, 15) is 0 Å². The molecule has 0 fully saturated rings. The summed E-state index contributed by atoms with van der Waals surface area (Å²) < 4.78 is 8.43. The first-order valence-electron chi connectivity index (χ1n) is 5.45. The Balaban J connectivity index is 2.64. The molecule has 0 amide bonds. The van der Waals surface area contributed by atoms with Gasteiger partial charge in [0.1, 0.15) is 0 Å². The SMILES string of the molecule is CN(C)[Si](N(C)C)(n1cccn1)n1cccn1. The number of nitrogens with zero attached hydrogens (tertiary/aromatic N) is 6. The zero-order valence-electron chi connectivity index (χ0n) is 10.6. The summed E-state index contributed by atoms with van der Waals surface area (Å²) in [5.41, 5.74) is 0. The van der Waals surface area contributed by atoms with Gasteiger partial charge >= 0.3 is 8.72 Å². The maximum Gasteiger partial charge on any atom is 0.479 e. The average molecular weight is 250 g/mol. The van der Waals surface area contributed by atoms with Gasteiger partial charge in [0, 0.05) is 24.8 Å². The summed E-state index contributed by atoms with van der Waals surface area (Å²) in [5, 5.41) is 8.84. The Hall–Kier alpha value is -1.44. The maximum atomic E-state index is 4.42. The standard InChI is InChI=1S/C10H18N6Si/c1-13(2)17(14(3)4,15-9-5-7-11-15)16-10-6-8-12-16/h5-10H,1-4H3. The van der Waals surface area contributed by atoms with E-state index in [1.165, 1.54) is 0 Å². The average Bonchev–Trinajstić information content (AvgIpc) is 2.88. The third-order valence-electron chi connectivity index (χ3n) is 2.82. The van der Waals surface area contributed by atoms with Gasteiger partial charge in [-0.05, 0) is 40.3 Å². The molecule has 0 saturated heterocycles. The van der Waals surface area contributed by atoms with Gasteiger partial charge in [-0.1, -0.05) is 0 Å². The van der Waals surface area contributed by atoms with Crippen LogP contribution in [0.4, 0.5) is 0 Å². The summed E-state index contributed by atoms with van der Waals surface area (Å²) in [6.07, 6.45) is 7.60. The molecule has 2 aromatic heterocycles. The van der Waals surface area contributed by atoms with Crippen LogP contribution < -0.4 is 0 Å². The smallest absolute Gasteiger partial charge is 0.281 e. The minimum atomic E-state index is -2.32. The van der Waals surface area contributed by atoms with Crippen molar-refractivity contribution < 1.29 is 0 Å². The molecule has 0 atom stereocenters. The van der Waals surface area contributed by atoms with E-state index in [0.717, 1.165) is 0 Å². The summed E-state index contributed by atoms with van der Waals surface area (Å²) in [6.45, 7) is 0. The molecule has 7 heteroatoms. The van der Waals surface area contributed by atoms with Crippen molar-refractivity contribution >= 4 is 8.72 Å². The number of aromatic nitrogens is 4. The van der Waals surface area contributed by atoms with Gasteiger partial charge in [0.05, 0.1) is 0 Å². The van der Waals surface area contributed by atoms with Crippen molar-refractivity contribution in [2.75, 3.05) is 28.2 Å². The highest BCUT2D eigenvalue weighted by molar-refractivity contribution is 6.70. The molecular formula is C10H18N6Si. The monoisotopic (exact) mass is 250 g/mol. The fraction of sp³-hybridized carbons (Fsp3) is 0.400. The first kappa shape index (κ1) is 12.0. The summed E-state index contributed by atoms with van der Waals surface area (Å²) in [7, 11) is 5.94. The Bertz CT molecular complexity index is 403. The van der Waals surface area contributed by atoms with Gasteiger partial charge in [0.25, 0.3) is 0 Å². The van der Waals surface area contributed by atoms with Crippen LogP contribution in [0.25, 0.3) is 0 Å². The molecule has 6 nitrogen and oxygen atoms in total. The second-order valence-electron chi connectivity index (χ2n) is 4.29. The second kappa shape index (κ2) is 4.44. The molecule has 2 rings (SSSR count). The highest BCUT2D eigenvalue weighted by Gasteiger charge is 2.47. The molecule has 0 spiro atoms. The molecule has 0 unspecified atom stereocenters. The van der Waals surface area contributed by atoms with Crippen LogP contribution in [-0.4, -0.2) is 64.9 Å². The van der Waals surface area contributed by atoms with Crippen molar-refractivity contribution in [3.8, 4) is 0 Å². The Morgan fingerprint density at radius 2 is 1.24 bits per heavy atom. The zero-order chi connectivity index (χ0) is 12.5. The van der Waals surface area contributed by atoms with Gasteiger partial charge in [-0.25, -0.2) is 0 Å². The summed E-state index contributed by atoms with van der Waals surface area (Å²) >= 11 is 0. The molecule has 0 aliphatic heterocycles. The molecule has 92 valence electrons. The molecule has 0 radical (unpaired) electrons. The largest absolute Gasteiger partial charge is 0.479 e. The van der Waals surface area contributed by atoms with Gasteiger partial charge in [-0.2, -0.15) is 10.2 Å². The minimum Gasteiger partial charge on any atom is -0.281 e. The van der Waals surface area contributed by atoms with Gasteiger partial charge in [-0.3, -0.25) is 17.8 Å². The van der Waals surface area contributed by atoms with Crippen molar-refractivity contribution in [1.82, 2.24) is 28.0 Å². The lowest BCUT2D eigenvalue weighted by Gasteiger charge is -2.40. The van der Waals surface area contributed by atoms with E-state index >= 15 is 0 Å². The second-order valence-corrected chi connectivity index (χ2v) is 8.20. The summed E-state index contributed by atoms with van der Waals surface area (Å²) in [5.74, 6) is 0. The molecular weight excluding hydrogens is 232 g/mol. The molecule has 17 heavy (non-hydrogen) atoms. The van der Waals surface area contributed by atoms with Crippen LogP contribution in [0.1, 0.15) is 0 Å². The van der Waals surface area contributed by atoms with Gasteiger partial charge in [0.15, 0.2) is 0 Å². The van der Waals surface area contributed by atoms with Crippen LogP contribution in [-0.2, 0) is 0 Å². The van der Waals surface area contributed by atoms with Crippen LogP contribution in [0.5, 0.6) is 0 Å². The highest BCUT2D eigenvalue weighted by atomic mass is 28.4. The third kappa shape index (κ3) is 1.72. The molecule has 0 aromatic carbocycles. The molecule has 0 N–H and O–H groups in total. The fourth-order valence-electron chi connectivity index (χ4n) is 2.22. The van der Waals surface area contributed by atoms with Gasteiger partial charge in [-0.15, -0.1) is 0 Å². The van der Waals surface area contributed by atoms with E-state index in [0.29, 0.717) is 0 Å². The maximum absolute atomic E-state index is 4.42. The first-order chi connectivity index (χ1) is 8.10. The van der Waals surface area contributed by atoms with E-state index in [-0.39, 0.29) is 0 Å². The predicted molar refractivity (Wildman–Crippen MR) is 68.4 cm³/mol. The molecule has 2 heterocycles. The molecule has 2 aromatic rings. The van der Waals surface area contributed by atoms with Crippen LogP contribution in [0.3, 0.4) is 0 Å². The zero-order valence-corrected chi connectivity index (χ0v) is 11.6. The van der Waals surface area contributed by atoms with E-state index in [2.05, 4.69) is 47.5 Å². The highest BCUT2D eigenvalue weighted by Crippen LogP contribution is 2.13. The van der Waals surface area contributed by atoms with Crippen LogP contribution >= 0.6 is 0 Å². The lowest BCUT2D eigenvalue weighted by atomic mass is 10.8. The van der Waals surface area contributed by atoms with Gasteiger partial charge in [0.2, 0.25) is 0 Å². The Labute approximate surface area is 102 Å². The lowest BCUT2D eigenvalue weighted by molar-refractivity contribution is 0.420. The van der Waals surface area contributed by atoms with Crippen LogP contribution in [0.2, 0.25) is 0 Å². The van der Waals surface area contributed by atoms with Crippen molar-refractivity contribution in [2.45, 2.75) is 0 Å². The van der Waals surface area contributed by atoms with Crippen LogP contribution in [0, 0.1) is 0 Å². The molecule has 0 bridgehead atoms. The Morgan fingerprint density at radius 1 is 0.824 bits per heavy atom. The number of rotatable bonds is 4. The molecule has 0 aliphatic carbocycles. The van der Waals surface area contributed by atoms with Gasteiger partial charge < -0.3 is 0 Å². The quantitative estimate of drug-likeness (QED) is 0.718. The van der Waals surface area contributed by atoms with Crippen molar-refractivity contribution in [2.24, 2.45) is 0 Å². The van der Waals surface area contributed by atoms with E-state index in [1.807, 2.05) is 33.2 Å². The Kier molecular flexibility index (Phi) is 3.14. The Morgan fingerprint density at radius 3 is 1.47 bits per heavy atom. The first-order valence-corrected chi connectivity index (χ1v) is 7.24. The number of hydrogen-bond acceptors (Lipinski definition) is 4. The fourth-order valence-corrected chi connectivity index (χ4v) is 5.88. The van der Waals surface area contributed by atoms with Crippen LogP contribution in [0.15, 0.2) is 36.9 Å². The van der Waals surface area contributed by atoms with E-state index < -0.39 is 8.72 Å². The van der Waals surface area contributed by atoms with E-state index in [1.54, 1.807) is 12.4 Å². The minimum absolute atomic E-state index is 1.80. The molecule has 0 saturated carbocycles.